The van der Waals surface area contributed by atoms with Gasteiger partial charge in [0, 0.05) is 12.7 Å². The van der Waals surface area contributed by atoms with Gasteiger partial charge < -0.3 is 5.11 Å². The molecule has 0 spiro atoms. The van der Waals surface area contributed by atoms with Gasteiger partial charge in [-0.1, -0.05) is 19.8 Å². The molecule has 0 saturated heterocycles. The van der Waals surface area contributed by atoms with E-state index in [0.29, 0.717) is 5.92 Å². The Hall–Kier alpha value is -0.830. The fourth-order valence-electron chi connectivity index (χ4n) is 2.58. The van der Waals surface area contributed by atoms with E-state index in [9.17, 15) is 5.11 Å². The van der Waals surface area contributed by atoms with Crippen LogP contribution < -0.4 is 0 Å². The predicted octanol–water partition coefficient (Wildman–Crippen LogP) is 2.70. The molecule has 1 aliphatic rings. The van der Waals surface area contributed by atoms with Gasteiger partial charge in [0.25, 0.3) is 0 Å². The smallest absolute Gasteiger partial charge is 0.0546 e. The molecular formula is C13H22N2O. The van der Waals surface area contributed by atoms with Crippen LogP contribution in [0.3, 0.4) is 0 Å². The zero-order valence-corrected chi connectivity index (χ0v) is 10.1. The molecule has 2 rings (SSSR count). The van der Waals surface area contributed by atoms with Gasteiger partial charge in [-0.05, 0) is 37.2 Å². The lowest BCUT2D eigenvalue weighted by Gasteiger charge is -2.14. The first-order valence-corrected chi connectivity index (χ1v) is 6.50. The van der Waals surface area contributed by atoms with E-state index in [-0.39, 0.29) is 6.10 Å². The molecule has 0 radical (unpaired) electrons. The minimum atomic E-state index is -0.109. The number of aliphatic hydroxyl groups is 1. The summed E-state index contributed by atoms with van der Waals surface area (Å²) in [6.45, 7) is 3.16. The fraction of sp³-hybridized carbons (Fsp3) is 0.769. The molecule has 1 aromatic rings. The second-order valence-electron chi connectivity index (χ2n) is 4.91. The molecule has 1 aliphatic carbocycles. The van der Waals surface area contributed by atoms with Crippen LogP contribution in [0.1, 0.15) is 56.9 Å². The molecule has 2 atom stereocenters. The maximum atomic E-state index is 9.80. The first-order chi connectivity index (χ1) is 7.79. The Morgan fingerprint density at radius 3 is 3.06 bits per heavy atom. The Morgan fingerprint density at radius 2 is 2.25 bits per heavy atom. The monoisotopic (exact) mass is 222 g/mol. The summed E-state index contributed by atoms with van der Waals surface area (Å²) >= 11 is 0. The second kappa shape index (κ2) is 5.48. The van der Waals surface area contributed by atoms with E-state index >= 15 is 0 Å². The molecule has 2 unspecified atom stereocenters. The number of aromatic nitrogens is 2. The average molecular weight is 222 g/mol. The quantitative estimate of drug-likeness (QED) is 0.798. The molecule has 0 amide bonds. The molecule has 1 aromatic heterocycles. The zero-order chi connectivity index (χ0) is 11.4. The predicted molar refractivity (Wildman–Crippen MR) is 64.4 cm³/mol. The number of nitrogens with zero attached hydrogens (tertiary/aromatic N) is 2. The van der Waals surface area contributed by atoms with Crippen molar-refractivity contribution in [2.45, 2.75) is 64.0 Å². The van der Waals surface area contributed by atoms with Crippen LogP contribution in [0.2, 0.25) is 0 Å². The minimum absolute atomic E-state index is 0.109. The molecular weight excluding hydrogens is 200 g/mol. The highest BCUT2D eigenvalue weighted by molar-refractivity contribution is 5.12. The minimum Gasteiger partial charge on any atom is -0.393 e. The maximum Gasteiger partial charge on any atom is 0.0546 e. The Balaban J connectivity index is 2.03. The van der Waals surface area contributed by atoms with Gasteiger partial charge in [-0.25, -0.2) is 0 Å². The van der Waals surface area contributed by atoms with Gasteiger partial charge in [0.2, 0.25) is 0 Å². The SMILES string of the molecule is CCCn1cc(C2CCCCC(O)C2)cn1. The summed E-state index contributed by atoms with van der Waals surface area (Å²) < 4.78 is 2.02. The van der Waals surface area contributed by atoms with Crippen LogP contribution in [0.25, 0.3) is 0 Å². The normalized spacial score (nSPS) is 26.6. The van der Waals surface area contributed by atoms with Gasteiger partial charge in [0.05, 0.1) is 12.3 Å². The molecule has 90 valence electrons. The molecule has 0 aliphatic heterocycles. The van der Waals surface area contributed by atoms with Crippen molar-refractivity contribution in [1.29, 1.82) is 0 Å². The summed E-state index contributed by atoms with van der Waals surface area (Å²) in [4.78, 5) is 0. The summed E-state index contributed by atoms with van der Waals surface area (Å²) in [5.74, 6) is 0.517. The summed E-state index contributed by atoms with van der Waals surface area (Å²) in [6, 6.07) is 0. The molecule has 16 heavy (non-hydrogen) atoms. The molecule has 0 aromatic carbocycles. The van der Waals surface area contributed by atoms with E-state index in [1.54, 1.807) is 0 Å². The zero-order valence-electron chi connectivity index (χ0n) is 10.1. The number of hydrogen-bond donors (Lipinski definition) is 1. The summed E-state index contributed by atoms with van der Waals surface area (Å²) in [7, 11) is 0. The Morgan fingerprint density at radius 1 is 1.44 bits per heavy atom. The molecule has 0 bridgehead atoms. The van der Waals surface area contributed by atoms with E-state index in [0.717, 1.165) is 25.8 Å². The third-order valence-electron chi connectivity index (χ3n) is 3.47. The first kappa shape index (κ1) is 11.6. The van der Waals surface area contributed by atoms with Crippen LogP contribution in [0.5, 0.6) is 0 Å². The maximum absolute atomic E-state index is 9.80. The summed E-state index contributed by atoms with van der Waals surface area (Å²) in [5, 5.41) is 14.2. The van der Waals surface area contributed by atoms with E-state index < -0.39 is 0 Å². The topological polar surface area (TPSA) is 38.0 Å². The number of hydrogen-bond acceptors (Lipinski definition) is 2. The van der Waals surface area contributed by atoms with Crippen molar-refractivity contribution >= 4 is 0 Å². The van der Waals surface area contributed by atoms with E-state index in [4.69, 9.17) is 0 Å². The van der Waals surface area contributed by atoms with Crippen molar-refractivity contribution in [3.8, 4) is 0 Å². The van der Waals surface area contributed by atoms with Crippen LogP contribution >= 0.6 is 0 Å². The van der Waals surface area contributed by atoms with Gasteiger partial charge >= 0.3 is 0 Å². The summed E-state index contributed by atoms with van der Waals surface area (Å²) in [5.41, 5.74) is 1.31. The van der Waals surface area contributed by atoms with Crippen molar-refractivity contribution < 1.29 is 5.11 Å². The fourth-order valence-corrected chi connectivity index (χ4v) is 2.58. The average Bonchev–Trinajstić information content (AvgIpc) is 2.61. The van der Waals surface area contributed by atoms with Gasteiger partial charge in [0.15, 0.2) is 0 Å². The first-order valence-electron chi connectivity index (χ1n) is 6.50. The molecule has 1 N–H and O–H groups in total. The lowest BCUT2D eigenvalue weighted by Crippen LogP contribution is -2.08. The van der Waals surface area contributed by atoms with E-state index in [1.165, 1.54) is 24.8 Å². The molecule has 3 heteroatoms. The van der Waals surface area contributed by atoms with Crippen LogP contribution in [-0.4, -0.2) is 21.0 Å². The molecule has 3 nitrogen and oxygen atoms in total. The standard InChI is InChI=1S/C13H22N2O/c1-2-7-15-10-12(9-14-15)11-5-3-4-6-13(16)8-11/h9-11,13,16H,2-8H2,1H3. The largest absolute Gasteiger partial charge is 0.393 e. The highest BCUT2D eigenvalue weighted by Crippen LogP contribution is 2.31. The number of aliphatic hydroxyl groups excluding tert-OH is 1. The van der Waals surface area contributed by atoms with Crippen molar-refractivity contribution in [2.75, 3.05) is 0 Å². The summed E-state index contributed by atoms with van der Waals surface area (Å²) in [6.07, 6.45) is 10.6. The van der Waals surface area contributed by atoms with Crippen LogP contribution in [0, 0.1) is 0 Å². The van der Waals surface area contributed by atoms with Gasteiger partial charge in [0.1, 0.15) is 0 Å². The molecule has 1 heterocycles. The third kappa shape index (κ3) is 2.85. The van der Waals surface area contributed by atoms with Crippen molar-refractivity contribution in [2.24, 2.45) is 0 Å². The van der Waals surface area contributed by atoms with Crippen molar-refractivity contribution in [3.63, 3.8) is 0 Å². The van der Waals surface area contributed by atoms with E-state index in [2.05, 4.69) is 18.2 Å². The number of aryl methyl sites for hydroxylation is 1. The Bertz CT molecular complexity index is 321. The van der Waals surface area contributed by atoms with Crippen LogP contribution in [-0.2, 0) is 6.54 Å². The van der Waals surface area contributed by atoms with Gasteiger partial charge in [-0.15, -0.1) is 0 Å². The van der Waals surface area contributed by atoms with Gasteiger partial charge in [-0.3, -0.25) is 4.68 Å². The Labute approximate surface area is 97.5 Å². The van der Waals surface area contributed by atoms with E-state index in [1.807, 2.05) is 10.9 Å². The lowest BCUT2D eigenvalue weighted by molar-refractivity contribution is 0.152. The van der Waals surface area contributed by atoms with Crippen LogP contribution in [0.15, 0.2) is 12.4 Å². The highest BCUT2D eigenvalue weighted by Gasteiger charge is 2.20. The molecule has 1 saturated carbocycles. The number of rotatable bonds is 3. The highest BCUT2D eigenvalue weighted by atomic mass is 16.3. The van der Waals surface area contributed by atoms with Gasteiger partial charge in [-0.2, -0.15) is 5.10 Å². The molecule has 1 fully saturated rings. The van der Waals surface area contributed by atoms with Crippen LogP contribution in [0.4, 0.5) is 0 Å². The van der Waals surface area contributed by atoms with Crippen molar-refractivity contribution in [1.82, 2.24) is 9.78 Å². The Kier molecular flexibility index (Phi) is 3.99. The lowest BCUT2D eigenvalue weighted by atomic mass is 9.93. The third-order valence-corrected chi connectivity index (χ3v) is 3.47. The second-order valence-corrected chi connectivity index (χ2v) is 4.91. The van der Waals surface area contributed by atoms with Crippen molar-refractivity contribution in [3.05, 3.63) is 18.0 Å².